The standard InChI is InChI=1S/C14H19NO4S/c1-19-14(16)11-7-9-13(10-8-11)20(17,18)15-12-5-3-2-4-6-12/h7-10,12,15H,2-6H2,1H3. The van der Waals surface area contributed by atoms with Gasteiger partial charge >= 0.3 is 5.97 Å². The van der Waals surface area contributed by atoms with Gasteiger partial charge in [-0.1, -0.05) is 19.3 Å². The van der Waals surface area contributed by atoms with Crippen molar-refractivity contribution in [2.75, 3.05) is 7.11 Å². The topological polar surface area (TPSA) is 72.5 Å². The summed E-state index contributed by atoms with van der Waals surface area (Å²) in [6.45, 7) is 0. The molecular weight excluding hydrogens is 278 g/mol. The van der Waals surface area contributed by atoms with Crippen molar-refractivity contribution in [3.63, 3.8) is 0 Å². The second-order valence-electron chi connectivity index (χ2n) is 4.97. The van der Waals surface area contributed by atoms with E-state index in [9.17, 15) is 13.2 Å². The van der Waals surface area contributed by atoms with E-state index in [1.807, 2.05) is 0 Å². The summed E-state index contributed by atoms with van der Waals surface area (Å²) in [5.41, 5.74) is 0.337. The Morgan fingerprint density at radius 1 is 1.15 bits per heavy atom. The number of hydrogen-bond donors (Lipinski definition) is 1. The average molecular weight is 297 g/mol. The summed E-state index contributed by atoms with van der Waals surface area (Å²) in [5, 5.41) is 0. The highest BCUT2D eigenvalue weighted by Gasteiger charge is 2.22. The molecule has 0 aromatic heterocycles. The lowest BCUT2D eigenvalue weighted by molar-refractivity contribution is 0.0600. The lowest BCUT2D eigenvalue weighted by Crippen LogP contribution is -2.36. The first-order chi connectivity index (χ1) is 9.53. The van der Waals surface area contributed by atoms with E-state index in [4.69, 9.17) is 0 Å². The molecule has 0 aliphatic heterocycles. The van der Waals surface area contributed by atoms with E-state index >= 15 is 0 Å². The number of carbonyl (C=O) groups is 1. The van der Waals surface area contributed by atoms with Gasteiger partial charge in [0.1, 0.15) is 0 Å². The average Bonchev–Trinajstić information content (AvgIpc) is 2.47. The van der Waals surface area contributed by atoms with Crippen molar-refractivity contribution < 1.29 is 17.9 Å². The Hall–Kier alpha value is -1.40. The van der Waals surface area contributed by atoms with Crippen LogP contribution < -0.4 is 4.72 Å². The smallest absolute Gasteiger partial charge is 0.337 e. The largest absolute Gasteiger partial charge is 0.465 e. The third-order valence-corrected chi connectivity index (χ3v) is 5.05. The minimum atomic E-state index is -3.51. The fraction of sp³-hybridized carbons (Fsp3) is 0.500. The lowest BCUT2D eigenvalue weighted by atomic mass is 9.96. The molecule has 1 fully saturated rings. The van der Waals surface area contributed by atoms with Gasteiger partial charge in [-0.15, -0.1) is 0 Å². The van der Waals surface area contributed by atoms with Gasteiger partial charge in [-0.3, -0.25) is 0 Å². The second-order valence-corrected chi connectivity index (χ2v) is 6.69. The van der Waals surface area contributed by atoms with Crippen LogP contribution in [0.1, 0.15) is 42.5 Å². The molecule has 1 aliphatic carbocycles. The summed E-state index contributed by atoms with van der Waals surface area (Å²) in [7, 11) is -2.22. The Morgan fingerprint density at radius 2 is 1.75 bits per heavy atom. The molecule has 1 aromatic carbocycles. The molecule has 6 heteroatoms. The number of nitrogens with one attached hydrogen (secondary N) is 1. The zero-order valence-corrected chi connectivity index (χ0v) is 12.3. The predicted molar refractivity (Wildman–Crippen MR) is 75.0 cm³/mol. The van der Waals surface area contributed by atoms with Crippen LogP contribution in [0.2, 0.25) is 0 Å². The molecule has 0 heterocycles. The van der Waals surface area contributed by atoms with E-state index in [2.05, 4.69) is 9.46 Å². The minimum Gasteiger partial charge on any atom is -0.465 e. The van der Waals surface area contributed by atoms with Crippen LogP contribution >= 0.6 is 0 Å². The van der Waals surface area contributed by atoms with Crippen LogP contribution in [-0.4, -0.2) is 27.5 Å². The van der Waals surface area contributed by atoms with E-state index in [0.29, 0.717) is 5.56 Å². The Kier molecular flexibility index (Phi) is 4.77. The Balaban J connectivity index is 2.10. The Morgan fingerprint density at radius 3 is 2.30 bits per heavy atom. The van der Waals surface area contributed by atoms with Gasteiger partial charge in [0, 0.05) is 6.04 Å². The number of rotatable bonds is 4. The summed E-state index contributed by atoms with van der Waals surface area (Å²) < 4.78 is 31.8. The van der Waals surface area contributed by atoms with E-state index in [1.54, 1.807) is 0 Å². The third kappa shape index (κ3) is 3.58. The van der Waals surface area contributed by atoms with Crippen molar-refractivity contribution >= 4 is 16.0 Å². The lowest BCUT2D eigenvalue weighted by Gasteiger charge is -2.22. The van der Waals surface area contributed by atoms with Crippen LogP contribution in [0.4, 0.5) is 0 Å². The summed E-state index contributed by atoms with van der Waals surface area (Å²) >= 11 is 0. The van der Waals surface area contributed by atoms with E-state index in [-0.39, 0.29) is 10.9 Å². The normalized spacial score (nSPS) is 16.9. The van der Waals surface area contributed by atoms with Crippen LogP contribution in [0, 0.1) is 0 Å². The molecule has 1 saturated carbocycles. The fourth-order valence-electron chi connectivity index (χ4n) is 2.40. The first kappa shape index (κ1) is 15.0. The van der Waals surface area contributed by atoms with Crippen LogP contribution in [0.5, 0.6) is 0 Å². The minimum absolute atomic E-state index is 0.0223. The maximum atomic E-state index is 12.2. The van der Waals surface area contributed by atoms with Crippen molar-refractivity contribution in [1.29, 1.82) is 0 Å². The SMILES string of the molecule is COC(=O)c1ccc(S(=O)(=O)NC2CCCCC2)cc1. The quantitative estimate of drug-likeness (QED) is 0.864. The third-order valence-electron chi connectivity index (χ3n) is 3.51. The molecule has 110 valence electrons. The molecule has 0 bridgehead atoms. The van der Waals surface area contributed by atoms with Gasteiger partial charge in [-0.25, -0.2) is 17.9 Å². The molecule has 1 aliphatic rings. The summed E-state index contributed by atoms with van der Waals surface area (Å²) in [6.07, 6.45) is 5.08. The molecule has 1 N–H and O–H groups in total. The summed E-state index contributed by atoms with van der Waals surface area (Å²) in [4.78, 5) is 11.5. The zero-order chi connectivity index (χ0) is 14.6. The molecule has 5 nitrogen and oxygen atoms in total. The van der Waals surface area contributed by atoms with E-state index in [0.717, 1.165) is 25.7 Å². The maximum Gasteiger partial charge on any atom is 0.337 e. The predicted octanol–water partition coefficient (Wildman–Crippen LogP) is 2.08. The maximum absolute atomic E-state index is 12.2. The summed E-state index contributed by atoms with van der Waals surface area (Å²) in [6, 6.07) is 5.80. The highest BCUT2D eigenvalue weighted by atomic mass is 32.2. The molecule has 0 unspecified atom stereocenters. The number of ether oxygens (including phenoxy) is 1. The molecular formula is C14H19NO4S. The molecule has 2 rings (SSSR count). The zero-order valence-electron chi connectivity index (χ0n) is 11.5. The van der Waals surface area contributed by atoms with E-state index in [1.165, 1.54) is 37.8 Å². The number of methoxy groups -OCH3 is 1. The van der Waals surface area contributed by atoms with Gasteiger partial charge in [-0.2, -0.15) is 0 Å². The number of esters is 1. The fourth-order valence-corrected chi connectivity index (χ4v) is 3.70. The van der Waals surface area contributed by atoms with E-state index < -0.39 is 16.0 Å². The van der Waals surface area contributed by atoms with Crippen LogP contribution in [0.25, 0.3) is 0 Å². The highest BCUT2D eigenvalue weighted by molar-refractivity contribution is 7.89. The van der Waals surface area contributed by atoms with Crippen LogP contribution in [0.15, 0.2) is 29.2 Å². The summed E-state index contributed by atoms with van der Waals surface area (Å²) in [5.74, 6) is -0.478. The van der Waals surface area contributed by atoms with Crippen molar-refractivity contribution in [2.45, 2.75) is 43.0 Å². The van der Waals surface area contributed by atoms with Gasteiger partial charge in [-0.05, 0) is 37.1 Å². The Bertz CT molecular complexity index is 559. The first-order valence-corrected chi connectivity index (χ1v) is 8.22. The van der Waals surface area contributed by atoms with Crippen LogP contribution in [0.3, 0.4) is 0 Å². The Labute approximate surface area is 119 Å². The number of carbonyl (C=O) groups excluding carboxylic acids is 1. The van der Waals surface area contributed by atoms with Gasteiger partial charge in [0.25, 0.3) is 0 Å². The highest BCUT2D eigenvalue weighted by Crippen LogP contribution is 2.20. The van der Waals surface area contributed by atoms with Gasteiger partial charge in [0.15, 0.2) is 0 Å². The number of benzene rings is 1. The second kappa shape index (κ2) is 6.37. The molecule has 0 atom stereocenters. The number of sulfonamides is 1. The molecule has 1 aromatic rings. The monoisotopic (exact) mass is 297 g/mol. The van der Waals surface area contributed by atoms with Crippen molar-refractivity contribution in [3.8, 4) is 0 Å². The molecule has 20 heavy (non-hydrogen) atoms. The molecule has 0 spiro atoms. The first-order valence-electron chi connectivity index (χ1n) is 6.73. The van der Waals surface area contributed by atoms with Gasteiger partial charge in [0.2, 0.25) is 10.0 Å². The van der Waals surface area contributed by atoms with Crippen molar-refractivity contribution in [3.05, 3.63) is 29.8 Å². The van der Waals surface area contributed by atoms with Gasteiger partial charge in [0.05, 0.1) is 17.6 Å². The van der Waals surface area contributed by atoms with Crippen molar-refractivity contribution in [1.82, 2.24) is 4.72 Å². The van der Waals surface area contributed by atoms with Crippen molar-refractivity contribution in [2.24, 2.45) is 0 Å². The number of hydrogen-bond acceptors (Lipinski definition) is 4. The molecule has 0 amide bonds. The molecule has 0 radical (unpaired) electrons. The molecule has 0 saturated heterocycles. The van der Waals surface area contributed by atoms with Gasteiger partial charge < -0.3 is 4.74 Å². The van der Waals surface area contributed by atoms with Crippen LogP contribution in [-0.2, 0) is 14.8 Å².